The van der Waals surface area contributed by atoms with E-state index in [1.165, 1.54) is 13.8 Å². The standard InChI is InChI=1S/C20H33NO6/c1-8-19(6)12-16(26-17(24)10-13(3)22)15(5)20(7,9-2)21(19)27-18(25)11-14(4)23/h15-16H,8-12H2,1-7H3. The van der Waals surface area contributed by atoms with Crippen LogP contribution in [-0.2, 0) is 28.8 Å². The number of piperidine rings is 1. The lowest BCUT2D eigenvalue weighted by atomic mass is 9.69. The molecule has 0 saturated carbocycles. The van der Waals surface area contributed by atoms with Gasteiger partial charge in [0.2, 0.25) is 0 Å². The van der Waals surface area contributed by atoms with Gasteiger partial charge in [-0.2, -0.15) is 0 Å². The number of ether oxygens (including phenoxy) is 1. The van der Waals surface area contributed by atoms with Crippen molar-refractivity contribution in [2.24, 2.45) is 5.92 Å². The number of nitrogens with zero attached hydrogens (tertiary/aromatic N) is 1. The van der Waals surface area contributed by atoms with E-state index in [-0.39, 0.29) is 30.3 Å². The van der Waals surface area contributed by atoms with Crippen molar-refractivity contribution in [2.75, 3.05) is 0 Å². The largest absolute Gasteiger partial charge is 0.462 e. The molecule has 1 rings (SSSR count). The summed E-state index contributed by atoms with van der Waals surface area (Å²) >= 11 is 0. The molecule has 1 fully saturated rings. The van der Waals surface area contributed by atoms with E-state index in [1.807, 2.05) is 34.6 Å². The minimum atomic E-state index is -0.587. The van der Waals surface area contributed by atoms with E-state index in [9.17, 15) is 19.2 Å². The summed E-state index contributed by atoms with van der Waals surface area (Å²) in [4.78, 5) is 52.4. The zero-order valence-electron chi connectivity index (χ0n) is 17.6. The van der Waals surface area contributed by atoms with Gasteiger partial charge in [0, 0.05) is 12.3 Å². The first-order valence-corrected chi connectivity index (χ1v) is 9.59. The molecule has 4 unspecified atom stereocenters. The molecule has 154 valence electrons. The number of Topliss-reactive ketones (excluding diaryl/α,β-unsaturated/α-hetero) is 2. The van der Waals surface area contributed by atoms with Crippen molar-refractivity contribution in [2.45, 2.75) is 97.8 Å². The van der Waals surface area contributed by atoms with Crippen LogP contribution in [0.2, 0.25) is 0 Å². The van der Waals surface area contributed by atoms with Gasteiger partial charge >= 0.3 is 11.9 Å². The quantitative estimate of drug-likeness (QED) is 0.470. The van der Waals surface area contributed by atoms with Crippen LogP contribution in [0.5, 0.6) is 0 Å². The van der Waals surface area contributed by atoms with Crippen LogP contribution < -0.4 is 0 Å². The molecule has 1 saturated heterocycles. The number of hydrogen-bond acceptors (Lipinski definition) is 7. The van der Waals surface area contributed by atoms with Gasteiger partial charge in [0.1, 0.15) is 30.5 Å². The molecule has 4 atom stereocenters. The summed E-state index contributed by atoms with van der Waals surface area (Å²) in [7, 11) is 0. The van der Waals surface area contributed by atoms with Crippen LogP contribution in [0.1, 0.15) is 80.6 Å². The molecular weight excluding hydrogens is 350 g/mol. The van der Waals surface area contributed by atoms with Crippen LogP contribution >= 0.6 is 0 Å². The second-order valence-electron chi connectivity index (χ2n) is 8.10. The van der Waals surface area contributed by atoms with Crippen LogP contribution in [-0.4, -0.2) is 45.8 Å². The van der Waals surface area contributed by atoms with Gasteiger partial charge in [-0.3, -0.25) is 14.4 Å². The summed E-state index contributed by atoms with van der Waals surface area (Å²) in [6, 6.07) is 0. The Balaban J connectivity index is 3.16. The van der Waals surface area contributed by atoms with E-state index in [1.54, 1.807) is 5.06 Å². The third-order valence-corrected chi connectivity index (χ3v) is 5.87. The van der Waals surface area contributed by atoms with Gasteiger partial charge in [0.15, 0.2) is 0 Å². The predicted octanol–water partition coefficient (Wildman–Crippen LogP) is 2.99. The fraction of sp³-hybridized carbons (Fsp3) is 0.800. The molecule has 0 bridgehead atoms. The second kappa shape index (κ2) is 8.95. The van der Waals surface area contributed by atoms with E-state index in [2.05, 4.69) is 0 Å². The molecule has 1 aliphatic heterocycles. The fourth-order valence-electron chi connectivity index (χ4n) is 3.76. The lowest BCUT2D eigenvalue weighted by Crippen LogP contribution is -2.68. The number of rotatable bonds is 8. The lowest BCUT2D eigenvalue weighted by Gasteiger charge is -2.57. The van der Waals surface area contributed by atoms with Crippen molar-refractivity contribution in [1.29, 1.82) is 0 Å². The van der Waals surface area contributed by atoms with Gasteiger partial charge in [-0.15, -0.1) is 5.06 Å². The first-order valence-electron chi connectivity index (χ1n) is 9.59. The molecule has 0 aliphatic carbocycles. The molecule has 1 aliphatic rings. The highest BCUT2D eigenvalue weighted by molar-refractivity contribution is 5.94. The smallest absolute Gasteiger partial charge is 0.332 e. The first-order chi connectivity index (χ1) is 12.4. The number of hydrogen-bond donors (Lipinski definition) is 0. The molecule has 0 N–H and O–H groups in total. The van der Waals surface area contributed by atoms with Crippen molar-refractivity contribution in [1.82, 2.24) is 5.06 Å². The van der Waals surface area contributed by atoms with Crippen molar-refractivity contribution in [3.8, 4) is 0 Å². The Morgan fingerprint density at radius 1 is 0.963 bits per heavy atom. The SMILES string of the molecule is CCC1(C)CC(OC(=O)CC(C)=O)C(C)C(C)(CC)N1OC(=O)CC(C)=O. The van der Waals surface area contributed by atoms with Gasteiger partial charge in [0.25, 0.3) is 0 Å². The van der Waals surface area contributed by atoms with Crippen molar-refractivity contribution in [3.05, 3.63) is 0 Å². The summed E-state index contributed by atoms with van der Waals surface area (Å²) < 4.78 is 5.65. The average molecular weight is 383 g/mol. The number of esters is 1. The summed E-state index contributed by atoms with van der Waals surface area (Å²) in [5.41, 5.74) is -1.15. The molecular formula is C20H33NO6. The fourth-order valence-corrected chi connectivity index (χ4v) is 3.76. The molecule has 0 spiro atoms. The summed E-state index contributed by atoms with van der Waals surface area (Å²) in [6.45, 7) is 12.6. The summed E-state index contributed by atoms with van der Waals surface area (Å²) in [5.74, 6) is -1.74. The molecule has 0 amide bonds. The van der Waals surface area contributed by atoms with Crippen molar-refractivity contribution in [3.63, 3.8) is 0 Å². The topological polar surface area (TPSA) is 90.0 Å². The van der Waals surface area contributed by atoms with E-state index in [0.717, 1.165) is 0 Å². The third-order valence-electron chi connectivity index (χ3n) is 5.87. The molecule has 0 aromatic carbocycles. The average Bonchev–Trinajstić information content (AvgIpc) is 2.55. The van der Waals surface area contributed by atoms with Gasteiger partial charge in [-0.05, 0) is 40.5 Å². The number of carbonyl (C=O) groups excluding carboxylic acids is 4. The molecule has 0 aromatic heterocycles. The van der Waals surface area contributed by atoms with Gasteiger partial charge in [-0.1, -0.05) is 20.8 Å². The van der Waals surface area contributed by atoms with E-state index < -0.39 is 29.1 Å². The van der Waals surface area contributed by atoms with Gasteiger partial charge in [0.05, 0.1) is 11.1 Å². The zero-order chi connectivity index (χ0) is 21.0. The Kier molecular flexibility index (Phi) is 7.72. The Labute approximate surface area is 161 Å². The van der Waals surface area contributed by atoms with Crippen LogP contribution in [0.25, 0.3) is 0 Å². The Morgan fingerprint density at radius 2 is 1.48 bits per heavy atom. The van der Waals surface area contributed by atoms with Crippen LogP contribution in [0.4, 0.5) is 0 Å². The second-order valence-corrected chi connectivity index (χ2v) is 8.10. The maximum Gasteiger partial charge on any atom is 0.332 e. The van der Waals surface area contributed by atoms with Crippen LogP contribution in [0, 0.1) is 5.92 Å². The summed E-state index contributed by atoms with van der Waals surface area (Å²) in [6.07, 6.45) is 0.862. The molecule has 7 heteroatoms. The molecule has 1 heterocycles. The van der Waals surface area contributed by atoms with Crippen molar-refractivity contribution >= 4 is 23.5 Å². The van der Waals surface area contributed by atoms with Gasteiger partial charge < -0.3 is 9.57 Å². The molecule has 27 heavy (non-hydrogen) atoms. The number of ketones is 2. The highest BCUT2D eigenvalue weighted by Gasteiger charge is 2.56. The highest BCUT2D eigenvalue weighted by Crippen LogP contribution is 2.47. The number of hydroxylamine groups is 2. The van der Waals surface area contributed by atoms with Crippen molar-refractivity contribution < 1.29 is 28.8 Å². The predicted molar refractivity (Wildman–Crippen MR) is 99.6 cm³/mol. The maximum absolute atomic E-state index is 12.2. The lowest BCUT2D eigenvalue weighted by molar-refractivity contribution is -0.300. The van der Waals surface area contributed by atoms with Crippen LogP contribution in [0.3, 0.4) is 0 Å². The number of carbonyl (C=O) groups is 4. The van der Waals surface area contributed by atoms with E-state index in [0.29, 0.717) is 19.3 Å². The summed E-state index contributed by atoms with van der Waals surface area (Å²) in [5, 5.41) is 1.71. The van der Waals surface area contributed by atoms with E-state index in [4.69, 9.17) is 9.57 Å². The van der Waals surface area contributed by atoms with Crippen LogP contribution in [0.15, 0.2) is 0 Å². The first kappa shape index (κ1) is 23.3. The Morgan fingerprint density at radius 3 is 1.93 bits per heavy atom. The molecule has 0 aromatic rings. The normalized spacial score (nSPS) is 31.2. The molecule has 7 nitrogen and oxygen atoms in total. The maximum atomic E-state index is 12.2. The minimum absolute atomic E-state index is 0.136. The molecule has 0 radical (unpaired) electrons. The Hall–Kier alpha value is -1.76. The minimum Gasteiger partial charge on any atom is -0.462 e. The monoisotopic (exact) mass is 383 g/mol. The Bertz CT molecular complexity index is 603. The zero-order valence-corrected chi connectivity index (χ0v) is 17.6. The van der Waals surface area contributed by atoms with Gasteiger partial charge in [-0.25, -0.2) is 4.79 Å². The third kappa shape index (κ3) is 5.37. The van der Waals surface area contributed by atoms with E-state index >= 15 is 0 Å². The highest BCUT2D eigenvalue weighted by atomic mass is 16.7.